The molecule has 0 radical (unpaired) electrons. The largest absolute Gasteiger partial charge is 0.454 e. The van der Waals surface area contributed by atoms with Gasteiger partial charge in [0.15, 0.2) is 5.58 Å². The summed E-state index contributed by atoms with van der Waals surface area (Å²) in [7, 11) is 0. The molecule has 11 rings (SSSR count). The fourth-order valence-electron chi connectivity index (χ4n) is 9.71. The normalized spacial score (nSPS) is 14.6. The maximum absolute atomic E-state index is 6.72. The number of hydrogen-bond acceptors (Lipinski definition) is 2. The Balaban J connectivity index is 1.14. The Kier molecular flexibility index (Phi) is 6.39. The summed E-state index contributed by atoms with van der Waals surface area (Å²) in [5, 5.41) is 4.87. The molecule has 0 bridgehead atoms. The van der Waals surface area contributed by atoms with E-state index >= 15 is 0 Å². The average molecular weight is 694 g/mol. The molecule has 0 saturated heterocycles. The summed E-state index contributed by atoms with van der Waals surface area (Å²) >= 11 is 0. The smallest absolute Gasteiger partial charge is 0.159 e. The highest BCUT2D eigenvalue weighted by Gasteiger charge is 2.42. The van der Waals surface area contributed by atoms with Gasteiger partial charge >= 0.3 is 0 Å². The lowest BCUT2D eigenvalue weighted by molar-refractivity contribution is 0.652. The Morgan fingerprint density at radius 2 is 1.07 bits per heavy atom. The van der Waals surface area contributed by atoms with Gasteiger partial charge in [0, 0.05) is 32.9 Å². The maximum atomic E-state index is 6.72. The molecular weight excluding hydrogens is 655 g/mol. The summed E-state index contributed by atoms with van der Waals surface area (Å²) in [6.45, 7) is 9.59. The number of hydrogen-bond donors (Lipinski definition) is 0. The molecule has 0 spiro atoms. The monoisotopic (exact) mass is 693 g/mol. The zero-order chi connectivity index (χ0) is 36.3. The van der Waals surface area contributed by atoms with E-state index in [2.05, 4.69) is 190 Å². The predicted molar refractivity (Wildman–Crippen MR) is 226 cm³/mol. The van der Waals surface area contributed by atoms with Crippen LogP contribution in [0.4, 0.5) is 17.1 Å². The third-order valence-corrected chi connectivity index (χ3v) is 12.5. The highest BCUT2D eigenvalue weighted by atomic mass is 16.3. The maximum Gasteiger partial charge on any atom is 0.159 e. The molecule has 0 unspecified atom stereocenters. The van der Waals surface area contributed by atoms with Crippen molar-refractivity contribution in [1.82, 2.24) is 0 Å². The minimum atomic E-state index is -0.219. The molecule has 0 aliphatic heterocycles. The molecule has 258 valence electrons. The van der Waals surface area contributed by atoms with Gasteiger partial charge in [-0.05, 0) is 103 Å². The number of rotatable bonds is 4. The minimum absolute atomic E-state index is 0.0974. The van der Waals surface area contributed by atoms with Gasteiger partial charge in [-0.15, -0.1) is 0 Å². The second kappa shape index (κ2) is 11.1. The summed E-state index contributed by atoms with van der Waals surface area (Å²) in [6, 6.07) is 60.0. The van der Waals surface area contributed by atoms with Crippen molar-refractivity contribution in [2.45, 2.75) is 38.5 Å². The molecule has 9 aromatic rings. The standard InChI is InChI=1S/C52H39NO/c1-51(2)42-28-25-33-17-8-9-19-36(33)49(42)41-31-44-40(30-45(41)51)37-27-26-34(29-43(37)52(44,3)4)53(46-22-12-10-18-35(46)32-15-6-5-7-16-32)47-23-14-21-39-38-20-11-13-24-48(38)54-50(39)47/h5-31H,1-4H3. The van der Waals surface area contributed by atoms with Gasteiger partial charge in [-0.3, -0.25) is 0 Å². The lowest BCUT2D eigenvalue weighted by atomic mass is 9.79. The number of nitrogens with zero attached hydrogens (tertiary/aromatic N) is 1. The van der Waals surface area contributed by atoms with E-state index in [-0.39, 0.29) is 10.8 Å². The lowest BCUT2D eigenvalue weighted by Crippen LogP contribution is -2.17. The van der Waals surface area contributed by atoms with E-state index < -0.39 is 0 Å². The molecule has 0 saturated carbocycles. The molecule has 54 heavy (non-hydrogen) atoms. The van der Waals surface area contributed by atoms with Crippen LogP contribution in [0.3, 0.4) is 0 Å². The third kappa shape index (κ3) is 4.23. The van der Waals surface area contributed by atoms with Gasteiger partial charge in [0.25, 0.3) is 0 Å². The summed E-state index contributed by atoms with van der Waals surface area (Å²) in [4.78, 5) is 2.41. The molecule has 0 atom stereocenters. The first kappa shape index (κ1) is 31.2. The Labute approximate surface area is 315 Å². The molecule has 8 aromatic carbocycles. The summed E-state index contributed by atoms with van der Waals surface area (Å²) in [5.41, 5.74) is 18.0. The highest BCUT2D eigenvalue weighted by molar-refractivity contribution is 6.11. The van der Waals surface area contributed by atoms with Crippen LogP contribution < -0.4 is 4.90 Å². The van der Waals surface area contributed by atoms with Crippen molar-refractivity contribution < 1.29 is 4.42 Å². The van der Waals surface area contributed by atoms with Crippen LogP contribution in [0.1, 0.15) is 49.9 Å². The summed E-state index contributed by atoms with van der Waals surface area (Å²) in [6.07, 6.45) is 0. The van der Waals surface area contributed by atoms with Crippen molar-refractivity contribution in [3.63, 3.8) is 0 Å². The number of fused-ring (bicyclic) bond motifs is 11. The van der Waals surface area contributed by atoms with E-state index in [1.54, 1.807) is 0 Å². The van der Waals surface area contributed by atoms with Gasteiger partial charge in [0.1, 0.15) is 5.58 Å². The van der Waals surface area contributed by atoms with E-state index in [4.69, 9.17) is 4.42 Å². The van der Waals surface area contributed by atoms with Gasteiger partial charge in [0.05, 0.1) is 11.4 Å². The molecule has 0 fully saturated rings. The van der Waals surface area contributed by atoms with Crippen molar-refractivity contribution in [3.05, 3.63) is 186 Å². The molecule has 1 heterocycles. The molecular formula is C52H39NO. The molecule has 2 aliphatic carbocycles. The van der Waals surface area contributed by atoms with Gasteiger partial charge in [0.2, 0.25) is 0 Å². The van der Waals surface area contributed by atoms with Crippen molar-refractivity contribution >= 4 is 49.8 Å². The minimum Gasteiger partial charge on any atom is -0.454 e. The van der Waals surface area contributed by atoms with Crippen molar-refractivity contribution in [2.75, 3.05) is 4.90 Å². The van der Waals surface area contributed by atoms with Crippen LogP contribution in [0.25, 0.3) is 66.1 Å². The summed E-state index contributed by atoms with van der Waals surface area (Å²) in [5.74, 6) is 0. The number of benzene rings is 8. The van der Waals surface area contributed by atoms with E-state index in [1.807, 2.05) is 6.07 Å². The van der Waals surface area contributed by atoms with Crippen molar-refractivity contribution in [3.8, 4) is 33.4 Å². The second-order valence-corrected chi connectivity index (χ2v) is 16.1. The Morgan fingerprint density at radius 3 is 1.94 bits per heavy atom. The number of para-hydroxylation sites is 3. The van der Waals surface area contributed by atoms with Gasteiger partial charge < -0.3 is 9.32 Å². The first-order valence-electron chi connectivity index (χ1n) is 19.0. The van der Waals surface area contributed by atoms with Crippen LogP contribution in [-0.4, -0.2) is 0 Å². The fraction of sp³-hybridized carbons (Fsp3) is 0.115. The van der Waals surface area contributed by atoms with Crippen LogP contribution in [0.5, 0.6) is 0 Å². The van der Waals surface area contributed by atoms with Crippen molar-refractivity contribution in [2.24, 2.45) is 0 Å². The van der Waals surface area contributed by atoms with Gasteiger partial charge in [-0.1, -0.05) is 149 Å². The summed E-state index contributed by atoms with van der Waals surface area (Å²) < 4.78 is 6.72. The Morgan fingerprint density at radius 1 is 0.426 bits per heavy atom. The molecule has 1 aromatic heterocycles. The highest BCUT2D eigenvalue weighted by Crippen LogP contribution is 2.58. The Hall–Kier alpha value is -6.38. The van der Waals surface area contributed by atoms with Gasteiger partial charge in [-0.25, -0.2) is 0 Å². The van der Waals surface area contributed by atoms with E-state index in [1.165, 1.54) is 66.4 Å². The number of furan rings is 1. The molecule has 0 N–H and O–H groups in total. The van der Waals surface area contributed by atoms with Crippen LogP contribution in [-0.2, 0) is 10.8 Å². The third-order valence-electron chi connectivity index (χ3n) is 12.5. The SMILES string of the molecule is CC1(C)c2cc(N(c3ccccc3-c3ccccc3)c3cccc4c3oc3ccccc34)ccc2-c2cc3c(cc21)-c1c(ccc2ccccc12)C3(C)C. The van der Waals surface area contributed by atoms with Crippen LogP contribution in [0.2, 0.25) is 0 Å². The molecule has 2 aliphatic rings. The van der Waals surface area contributed by atoms with Crippen LogP contribution in [0, 0.1) is 0 Å². The zero-order valence-electron chi connectivity index (χ0n) is 30.9. The average Bonchev–Trinajstić information content (AvgIpc) is 3.78. The molecule has 0 amide bonds. The lowest BCUT2D eigenvalue weighted by Gasteiger charge is -2.29. The van der Waals surface area contributed by atoms with Crippen LogP contribution >= 0.6 is 0 Å². The molecule has 2 heteroatoms. The number of anilines is 3. The second-order valence-electron chi connectivity index (χ2n) is 16.1. The first-order valence-corrected chi connectivity index (χ1v) is 19.0. The van der Waals surface area contributed by atoms with Gasteiger partial charge in [-0.2, -0.15) is 0 Å². The first-order chi connectivity index (χ1) is 26.3. The zero-order valence-corrected chi connectivity index (χ0v) is 30.9. The van der Waals surface area contributed by atoms with E-state index in [0.717, 1.165) is 39.0 Å². The fourth-order valence-corrected chi connectivity index (χ4v) is 9.71. The predicted octanol–water partition coefficient (Wildman–Crippen LogP) is 14.5. The topological polar surface area (TPSA) is 16.4 Å². The van der Waals surface area contributed by atoms with E-state index in [0.29, 0.717) is 0 Å². The van der Waals surface area contributed by atoms with E-state index in [9.17, 15) is 0 Å². The van der Waals surface area contributed by atoms with Crippen LogP contribution in [0.15, 0.2) is 168 Å². The Bertz CT molecular complexity index is 3000. The quantitative estimate of drug-likeness (QED) is 0.182. The molecule has 2 nitrogen and oxygen atoms in total. The van der Waals surface area contributed by atoms with Crippen molar-refractivity contribution in [1.29, 1.82) is 0 Å².